The van der Waals surface area contributed by atoms with Crippen molar-refractivity contribution in [3.8, 4) is 5.75 Å². The Kier molecular flexibility index (Phi) is 4.08. The number of hydrogen-bond donors (Lipinski definition) is 3. The quantitative estimate of drug-likeness (QED) is 0.644. The monoisotopic (exact) mass is 211 g/mol. The molecule has 0 fully saturated rings. The number of ether oxygens (including phenoxy) is 1. The van der Waals surface area contributed by atoms with Gasteiger partial charge in [-0.15, -0.1) is 0 Å². The minimum absolute atomic E-state index is 0.130. The van der Waals surface area contributed by atoms with Gasteiger partial charge in [-0.25, -0.2) is 4.79 Å². The number of aliphatic hydroxyl groups excluding tert-OH is 1. The van der Waals surface area contributed by atoms with Crippen LogP contribution >= 0.6 is 0 Å². The Labute approximate surface area is 87.1 Å². The molecule has 4 N–H and O–H groups in total. The molecule has 0 aliphatic heterocycles. The summed E-state index contributed by atoms with van der Waals surface area (Å²) in [5, 5.41) is 17.2. The van der Waals surface area contributed by atoms with Gasteiger partial charge in [0.2, 0.25) is 0 Å². The lowest BCUT2D eigenvalue weighted by Gasteiger charge is -2.09. The van der Waals surface area contributed by atoms with Gasteiger partial charge in [0.15, 0.2) is 6.61 Å². The average molecular weight is 211 g/mol. The lowest BCUT2D eigenvalue weighted by atomic mass is 10.1. The third-order valence-corrected chi connectivity index (χ3v) is 1.87. The number of aliphatic hydroxyl groups is 1. The van der Waals surface area contributed by atoms with E-state index in [0.717, 1.165) is 5.56 Å². The highest BCUT2D eigenvalue weighted by Crippen LogP contribution is 2.15. The van der Waals surface area contributed by atoms with Crippen LogP contribution in [0.1, 0.15) is 11.6 Å². The number of hydrogen-bond acceptors (Lipinski definition) is 4. The molecule has 5 nitrogen and oxygen atoms in total. The summed E-state index contributed by atoms with van der Waals surface area (Å²) in [6.07, 6.45) is 0. The smallest absolute Gasteiger partial charge is 0.341 e. The highest BCUT2D eigenvalue weighted by Gasteiger charge is 2.04. The van der Waals surface area contributed by atoms with Crippen molar-refractivity contribution in [2.45, 2.75) is 6.04 Å². The van der Waals surface area contributed by atoms with Crippen LogP contribution in [0.15, 0.2) is 24.3 Å². The van der Waals surface area contributed by atoms with Crippen molar-refractivity contribution >= 4 is 5.97 Å². The van der Waals surface area contributed by atoms with E-state index in [1.54, 1.807) is 24.3 Å². The van der Waals surface area contributed by atoms with Crippen LogP contribution < -0.4 is 10.5 Å². The van der Waals surface area contributed by atoms with Crippen LogP contribution in [0, 0.1) is 0 Å². The molecule has 1 atom stereocenters. The first kappa shape index (κ1) is 11.5. The van der Waals surface area contributed by atoms with E-state index in [-0.39, 0.29) is 13.2 Å². The summed E-state index contributed by atoms with van der Waals surface area (Å²) < 4.78 is 4.93. The third kappa shape index (κ3) is 3.57. The Bertz CT molecular complexity index is 323. The Morgan fingerprint density at radius 3 is 2.47 bits per heavy atom. The van der Waals surface area contributed by atoms with Gasteiger partial charge < -0.3 is 20.7 Å². The number of carboxylic acids is 1. The van der Waals surface area contributed by atoms with Crippen molar-refractivity contribution in [1.29, 1.82) is 0 Å². The molecule has 0 radical (unpaired) electrons. The van der Waals surface area contributed by atoms with Crippen LogP contribution in [0.4, 0.5) is 0 Å². The zero-order valence-corrected chi connectivity index (χ0v) is 8.09. The fourth-order valence-electron chi connectivity index (χ4n) is 1.06. The van der Waals surface area contributed by atoms with Gasteiger partial charge in [0, 0.05) is 0 Å². The van der Waals surface area contributed by atoms with E-state index in [1.807, 2.05) is 0 Å². The summed E-state index contributed by atoms with van der Waals surface area (Å²) in [6, 6.07) is 6.20. The number of carbonyl (C=O) groups is 1. The molecule has 0 aliphatic rings. The minimum Gasteiger partial charge on any atom is -0.482 e. The molecule has 0 spiro atoms. The van der Waals surface area contributed by atoms with Crippen molar-refractivity contribution in [1.82, 2.24) is 0 Å². The molecule has 82 valence electrons. The van der Waals surface area contributed by atoms with Gasteiger partial charge in [-0.3, -0.25) is 0 Å². The molecule has 0 amide bonds. The molecule has 1 aromatic rings. The summed E-state index contributed by atoms with van der Waals surface area (Å²) in [5.41, 5.74) is 6.36. The van der Waals surface area contributed by atoms with Gasteiger partial charge in [-0.2, -0.15) is 0 Å². The van der Waals surface area contributed by atoms with Crippen LogP contribution in [0.3, 0.4) is 0 Å². The molecule has 0 saturated heterocycles. The van der Waals surface area contributed by atoms with Gasteiger partial charge >= 0.3 is 5.97 Å². The maximum absolute atomic E-state index is 10.2. The highest BCUT2D eigenvalue weighted by molar-refractivity contribution is 5.68. The molecule has 0 aliphatic carbocycles. The molecular formula is C10H13NO4. The van der Waals surface area contributed by atoms with Crippen LogP contribution in [-0.2, 0) is 4.79 Å². The Hall–Kier alpha value is -1.59. The topological polar surface area (TPSA) is 92.8 Å². The maximum atomic E-state index is 10.2. The van der Waals surface area contributed by atoms with Gasteiger partial charge in [-0.05, 0) is 17.7 Å². The van der Waals surface area contributed by atoms with Gasteiger partial charge in [0.05, 0.1) is 12.6 Å². The molecule has 0 bridgehead atoms. The Balaban J connectivity index is 2.60. The van der Waals surface area contributed by atoms with Crippen molar-refractivity contribution in [3.05, 3.63) is 29.8 Å². The predicted molar refractivity (Wildman–Crippen MR) is 53.6 cm³/mol. The predicted octanol–water partition coefficient (Wildman–Crippen LogP) is 0.142. The maximum Gasteiger partial charge on any atom is 0.341 e. The second-order valence-electron chi connectivity index (χ2n) is 3.04. The Morgan fingerprint density at radius 1 is 1.40 bits per heavy atom. The van der Waals surface area contributed by atoms with Crippen molar-refractivity contribution in [2.24, 2.45) is 5.73 Å². The lowest BCUT2D eigenvalue weighted by molar-refractivity contribution is -0.139. The van der Waals surface area contributed by atoms with Crippen molar-refractivity contribution in [3.63, 3.8) is 0 Å². The largest absolute Gasteiger partial charge is 0.482 e. The van der Waals surface area contributed by atoms with Gasteiger partial charge in [0.1, 0.15) is 5.75 Å². The molecule has 1 aromatic carbocycles. The second-order valence-corrected chi connectivity index (χ2v) is 3.04. The van der Waals surface area contributed by atoms with E-state index in [1.165, 1.54) is 0 Å². The molecule has 0 heterocycles. The SMILES string of the molecule is N[C@@H](CO)c1ccc(OCC(=O)O)cc1. The fraction of sp³-hybridized carbons (Fsp3) is 0.300. The summed E-state index contributed by atoms with van der Waals surface area (Å²) in [7, 11) is 0. The fourth-order valence-corrected chi connectivity index (χ4v) is 1.06. The minimum atomic E-state index is -1.02. The zero-order valence-electron chi connectivity index (χ0n) is 8.09. The van der Waals surface area contributed by atoms with Gasteiger partial charge in [-0.1, -0.05) is 12.1 Å². The third-order valence-electron chi connectivity index (χ3n) is 1.87. The van der Waals surface area contributed by atoms with Gasteiger partial charge in [0.25, 0.3) is 0 Å². The summed E-state index contributed by atoms with van der Waals surface area (Å²) in [4.78, 5) is 10.2. The van der Waals surface area contributed by atoms with Crippen molar-refractivity contribution in [2.75, 3.05) is 13.2 Å². The number of carboxylic acid groups (broad SMARTS) is 1. The van der Waals surface area contributed by atoms with E-state index < -0.39 is 12.0 Å². The van der Waals surface area contributed by atoms with E-state index in [4.69, 9.17) is 20.7 Å². The second kappa shape index (κ2) is 5.33. The number of benzene rings is 1. The number of rotatable bonds is 5. The molecule has 0 unspecified atom stereocenters. The zero-order chi connectivity index (χ0) is 11.3. The van der Waals surface area contributed by atoms with E-state index in [0.29, 0.717) is 5.75 Å². The van der Waals surface area contributed by atoms with E-state index in [2.05, 4.69) is 0 Å². The summed E-state index contributed by atoms with van der Waals surface area (Å²) in [6.45, 7) is -0.499. The first-order valence-electron chi connectivity index (χ1n) is 4.44. The molecule has 0 saturated carbocycles. The van der Waals surface area contributed by atoms with E-state index >= 15 is 0 Å². The highest BCUT2D eigenvalue weighted by atomic mass is 16.5. The first-order valence-corrected chi connectivity index (χ1v) is 4.44. The van der Waals surface area contributed by atoms with Crippen LogP contribution in [0.25, 0.3) is 0 Å². The number of nitrogens with two attached hydrogens (primary N) is 1. The summed E-state index contributed by atoms with van der Waals surface area (Å²) in [5.74, 6) is -0.558. The van der Waals surface area contributed by atoms with Crippen LogP contribution in [0.5, 0.6) is 5.75 Å². The Morgan fingerprint density at radius 2 is 2.00 bits per heavy atom. The average Bonchev–Trinajstić information content (AvgIpc) is 2.26. The van der Waals surface area contributed by atoms with E-state index in [9.17, 15) is 4.79 Å². The molecule has 0 aromatic heterocycles. The van der Waals surface area contributed by atoms with Crippen LogP contribution in [0.2, 0.25) is 0 Å². The van der Waals surface area contributed by atoms with Crippen LogP contribution in [-0.4, -0.2) is 29.4 Å². The normalized spacial score (nSPS) is 12.1. The molecule has 15 heavy (non-hydrogen) atoms. The molecule has 1 rings (SSSR count). The molecule has 5 heteroatoms. The summed E-state index contributed by atoms with van der Waals surface area (Å²) >= 11 is 0. The molecular weight excluding hydrogens is 198 g/mol. The van der Waals surface area contributed by atoms with Crippen molar-refractivity contribution < 1.29 is 19.7 Å². The lowest BCUT2D eigenvalue weighted by Crippen LogP contribution is -2.14. The number of aliphatic carboxylic acids is 1. The first-order chi connectivity index (χ1) is 7.13. The standard InChI is InChI=1S/C10H13NO4/c11-9(5-12)7-1-3-8(4-2-7)15-6-10(13)14/h1-4,9,12H,5-6,11H2,(H,13,14)/t9-/m0/s1.